The summed E-state index contributed by atoms with van der Waals surface area (Å²) in [6.45, 7) is 1.78. The van der Waals surface area contributed by atoms with Crippen LogP contribution in [-0.4, -0.2) is 30.3 Å². The maximum absolute atomic E-state index is 5.92. The molecule has 94 valence electrons. The van der Waals surface area contributed by atoms with E-state index in [-0.39, 0.29) is 0 Å². The van der Waals surface area contributed by atoms with Gasteiger partial charge in [-0.2, -0.15) is 4.98 Å². The third kappa shape index (κ3) is 1.95. The van der Waals surface area contributed by atoms with Gasteiger partial charge < -0.3 is 14.6 Å². The summed E-state index contributed by atoms with van der Waals surface area (Å²) in [4.78, 5) is 4.40. The summed E-state index contributed by atoms with van der Waals surface area (Å²) in [5.41, 5.74) is 0.782. The van der Waals surface area contributed by atoms with Crippen molar-refractivity contribution in [3.8, 4) is 17.1 Å². The van der Waals surface area contributed by atoms with Crippen LogP contribution in [0, 0.1) is 0 Å². The van der Waals surface area contributed by atoms with Gasteiger partial charge in [0, 0.05) is 18.1 Å². The molecule has 0 bridgehead atoms. The monoisotopic (exact) mass is 265 g/mol. The van der Waals surface area contributed by atoms with Crippen LogP contribution in [0.2, 0.25) is 5.02 Å². The predicted molar refractivity (Wildman–Crippen MR) is 66.9 cm³/mol. The van der Waals surface area contributed by atoms with Crippen molar-refractivity contribution < 1.29 is 9.26 Å². The van der Waals surface area contributed by atoms with E-state index in [1.807, 2.05) is 6.07 Å². The van der Waals surface area contributed by atoms with Crippen LogP contribution in [0.5, 0.6) is 5.75 Å². The third-order valence-corrected chi connectivity index (χ3v) is 3.21. The van der Waals surface area contributed by atoms with Crippen molar-refractivity contribution in [2.75, 3.05) is 20.2 Å². The largest absolute Gasteiger partial charge is 0.496 e. The molecule has 1 saturated heterocycles. The lowest BCUT2D eigenvalue weighted by Gasteiger charge is -2.22. The number of benzene rings is 1. The second kappa shape index (κ2) is 4.59. The Hall–Kier alpha value is -1.59. The maximum Gasteiger partial charge on any atom is 0.232 e. The first-order valence-corrected chi connectivity index (χ1v) is 6.04. The summed E-state index contributed by atoms with van der Waals surface area (Å²) in [6, 6.07) is 5.34. The van der Waals surface area contributed by atoms with Crippen molar-refractivity contribution in [3.05, 3.63) is 29.1 Å². The van der Waals surface area contributed by atoms with E-state index in [0.717, 1.165) is 18.7 Å². The van der Waals surface area contributed by atoms with Crippen molar-refractivity contribution in [3.63, 3.8) is 0 Å². The molecule has 1 aromatic heterocycles. The van der Waals surface area contributed by atoms with Gasteiger partial charge in [0.1, 0.15) is 5.75 Å². The van der Waals surface area contributed by atoms with Gasteiger partial charge >= 0.3 is 0 Å². The van der Waals surface area contributed by atoms with Gasteiger partial charge in [0.25, 0.3) is 0 Å². The summed E-state index contributed by atoms with van der Waals surface area (Å²) in [6.07, 6.45) is 0. The Morgan fingerprint density at radius 1 is 1.44 bits per heavy atom. The molecule has 3 rings (SSSR count). The molecule has 1 fully saturated rings. The van der Waals surface area contributed by atoms with Crippen LogP contribution in [0.15, 0.2) is 22.7 Å². The average Bonchev–Trinajstić information content (AvgIpc) is 2.75. The molecule has 2 aromatic rings. The van der Waals surface area contributed by atoms with Crippen LogP contribution >= 0.6 is 11.6 Å². The van der Waals surface area contributed by atoms with Crippen LogP contribution in [0.3, 0.4) is 0 Å². The number of aromatic nitrogens is 2. The van der Waals surface area contributed by atoms with Crippen LogP contribution in [0.25, 0.3) is 11.4 Å². The zero-order valence-electron chi connectivity index (χ0n) is 9.81. The van der Waals surface area contributed by atoms with Crippen molar-refractivity contribution in [2.24, 2.45) is 0 Å². The van der Waals surface area contributed by atoms with Crippen molar-refractivity contribution in [1.82, 2.24) is 15.5 Å². The van der Waals surface area contributed by atoms with Gasteiger partial charge in [0.15, 0.2) is 0 Å². The summed E-state index contributed by atoms with van der Waals surface area (Å²) in [5.74, 6) is 2.16. The Labute approximate surface area is 109 Å². The van der Waals surface area contributed by atoms with E-state index < -0.39 is 0 Å². The fourth-order valence-electron chi connectivity index (χ4n) is 1.82. The van der Waals surface area contributed by atoms with Crippen molar-refractivity contribution >= 4 is 11.6 Å². The highest BCUT2D eigenvalue weighted by molar-refractivity contribution is 6.30. The molecule has 0 saturated carbocycles. The lowest BCUT2D eigenvalue weighted by molar-refractivity contribution is 0.308. The minimum Gasteiger partial charge on any atom is -0.496 e. The lowest BCUT2D eigenvalue weighted by atomic mass is 10.0. The molecule has 1 aliphatic rings. The minimum atomic E-state index is 0.324. The molecule has 1 aliphatic heterocycles. The molecular weight excluding hydrogens is 254 g/mol. The van der Waals surface area contributed by atoms with Gasteiger partial charge in [-0.15, -0.1) is 0 Å². The molecule has 0 radical (unpaired) electrons. The molecule has 5 nitrogen and oxygen atoms in total. The molecule has 18 heavy (non-hydrogen) atoms. The molecule has 0 unspecified atom stereocenters. The summed E-state index contributed by atoms with van der Waals surface area (Å²) >= 11 is 5.92. The van der Waals surface area contributed by atoms with Crippen LogP contribution in [0.1, 0.15) is 11.8 Å². The van der Waals surface area contributed by atoms with Gasteiger partial charge in [-0.3, -0.25) is 0 Å². The second-order valence-corrected chi connectivity index (χ2v) is 4.59. The van der Waals surface area contributed by atoms with Gasteiger partial charge in [0.05, 0.1) is 18.6 Å². The van der Waals surface area contributed by atoms with Gasteiger partial charge in [0.2, 0.25) is 11.7 Å². The number of hydrogen-bond donors (Lipinski definition) is 1. The Morgan fingerprint density at radius 2 is 2.28 bits per heavy atom. The van der Waals surface area contributed by atoms with E-state index in [1.54, 1.807) is 19.2 Å². The minimum absolute atomic E-state index is 0.324. The molecule has 0 amide bonds. The highest BCUT2D eigenvalue weighted by Crippen LogP contribution is 2.31. The van der Waals surface area contributed by atoms with E-state index in [4.69, 9.17) is 20.9 Å². The van der Waals surface area contributed by atoms with Gasteiger partial charge in [-0.1, -0.05) is 16.8 Å². The molecule has 0 aliphatic carbocycles. The number of methoxy groups -OCH3 is 1. The van der Waals surface area contributed by atoms with Crippen LogP contribution < -0.4 is 10.1 Å². The number of hydrogen-bond acceptors (Lipinski definition) is 5. The second-order valence-electron chi connectivity index (χ2n) is 4.16. The number of nitrogens with one attached hydrogen (secondary N) is 1. The van der Waals surface area contributed by atoms with Crippen LogP contribution in [-0.2, 0) is 0 Å². The zero-order chi connectivity index (χ0) is 12.5. The lowest BCUT2D eigenvalue weighted by Crippen LogP contribution is -2.40. The molecule has 6 heteroatoms. The number of ether oxygens (including phenoxy) is 1. The smallest absolute Gasteiger partial charge is 0.232 e. The SMILES string of the molecule is COc1cc(Cl)ccc1-c1noc(C2CNC2)n1. The highest BCUT2D eigenvalue weighted by atomic mass is 35.5. The van der Waals surface area contributed by atoms with Crippen molar-refractivity contribution in [1.29, 1.82) is 0 Å². The van der Waals surface area contributed by atoms with Gasteiger partial charge in [-0.25, -0.2) is 0 Å². The third-order valence-electron chi connectivity index (χ3n) is 2.98. The molecule has 2 heterocycles. The van der Waals surface area contributed by atoms with E-state index in [2.05, 4.69) is 15.5 Å². The van der Waals surface area contributed by atoms with E-state index >= 15 is 0 Å². The summed E-state index contributed by atoms with van der Waals surface area (Å²) in [7, 11) is 1.59. The van der Waals surface area contributed by atoms with E-state index in [0.29, 0.717) is 28.4 Å². The number of rotatable bonds is 3. The van der Waals surface area contributed by atoms with Crippen molar-refractivity contribution in [2.45, 2.75) is 5.92 Å². The first kappa shape index (κ1) is 11.5. The van der Waals surface area contributed by atoms with E-state index in [9.17, 15) is 0 Å². The first-order chi connectivity index (χ1) is 8.78. The first-order valence-electron chi connectivity index (χ1n) is 5.66. The molecule has 1 N–H and O–H groups in total. The number of nitrogens with zero attached hydrogens (tertiary/aromatic N) is 2. The highest BCUT2D eigenvalue weighted by Gasteiger charge is 2.25. The summed E-state index contributed by atoms with van der Waals surface area (Å²) < 4.78 is 10.5. The topological polar surface area (TPSA) is 60.2 Å². The van der Waals surface area contributed by atoms with Gasteiger partial charge in [-0.05, 0) is 18.2 Å². The standard InChI is InChI=1S/C12H12ClN3O2/c1-17-10-4-8(13)2-3-9(10)11-15-12(18-16-11)7-5-14-6-7/h2-4,7,14H,5-6H2,1H3. The normalized spacial score (nSPS) is 15.4. The predicted octanol–water partition coefficient (Wildman–Crippen LogP) is 2.09. The Bertz CT molecular complexity index is 566. The fraction of sp³-hybridized carbons (Fsp3) is 0.333. The van der Waals surface area contributed by atoms with E-state index in [1.165, 1.54) is 0 Å². The van der Waals surface area contributed by atoms with Crippen LogP contribution in [0.4, 0.5) is 0 Å². The quantitative estimate of drug-likeness (QED) is 0.921. The Kier molecular flexibility index (Phi) is 2.93. The average molecular weight is 266 g/mol. The molecule has 0 spiro atoms. The molecule has 0 atom stereocenters. The molecular formula is C12H12ClN3O2. The molecule has 1 aromatic carbocycles. The Balaban J connectivity index is 1.96. The number of halogens is 1. The zero-order valence-corrected chi connectivity index (χ0v) is 10.6. The maximum atomic E-state index is 5.92. The Morgan fingerprint density at radius 3 is 2.94 bits per heavy atom. The summed E-state index contributed by atoms with van der Waals surface area (Å²) in [5, 5.41) is 7.77. The fourth-order valence-corrected chi connectivity index (χ4v) is 1.99.